The van der Waals surface area contributed by atoms with Crippen molar-refractivity contribution in [3.05, 3.63) is 35.9 Å². The number of hydrogen-bond acceptors (Lipinski definition) is 0. The minimum Gasteiger partial charge on any atom is -1.00 e. The third kappa shape index (κ3) is 18.3. The first-order valence-electron chi connectivity index (χ1n) is 13.0. The Morgan fingerprint density at radius 1 is 0.533 bits per heavy atom. The van der Waals surface area contributed by atoms with Crippen molar-refractivity contribution in [1.29, 1.82) is 0 Å². The van der Waals surface area contributed by atoms with Gasteiger partial charge >= 0.3 is 0 Å². The zero-order valence-corrected chi connectivity index (χ0v) is 21.4. The molecule has 0 radical (unpaired) electrons. The third-order valence-electron chi connectivity index (χ3n) is 6.47. The van der Waals surface area contributed by atoms with Gasteiger partial charge in [0.25, 0.3) is 0 Å². The van der Waals surface area contributed by atoms with E-state index in [-0.39, 0.29) is 12.4 Å². The van der Waals surface area contributed by atoms with Gasteiger partial charge in [0.2, 0.25) is 0 Å². The second-order valence-electron chi connectivity index (χ2n) is 9.92. The Morgan fingerprint density at radius 2 is 0.933 bits per heavy atom. The number of rotatable bonds is 20. The number of halogens is 1. The molecule has 176 valence electrons. The number of benzene rings is 1. The fraction of sp³-hybridized carbons (Fsp3) is 0.786. The Hall–Kier alpha value is -0.530. The van der Waals surface area contributed by atoms with Gasteiger partial charge in [-0.3, -0.25) is 0 Å². The molecular weight excluding hydrogens is 386 g/mol. The predicted molar refractivity (Wildman–Crippen MR) is 132 cm³/mol. The molecule has 1 rings (SSSR count). The number of hydrogen-bond donors (Lipinski definition) is 0. The van der Waals surface area contributed by atoms with Crippen LogP contribution in [0.3, 0.4) is 0 Å². The zero-order chi connectivity index (χ0) is 21.0. The Balaban J connectivity index is 0.00000841. The highest BCUT2D eigenvalue weighted by Gasteiger charge is 2.14. The van der Waals surface area contributed by atoms with Crippen LogP contribution >= 0.6 is 0 Å². The maximum atomic E-state index is 2.40. The SMILES string of the molecule is CCCCCCCCCCCCCCCCCC[N+](C)(C)CCc1ccccc1.[Cl-]. The molecule has 0 aliphatic rings. The third-order valence-corrected chi connectivity index (χ3v) is 6.47. The Bertz CT molecular complexity index is 457. The molecule has 1 nitrogen and oxygen atoms in total. The normalized spacial score (nSPS) is 11.4. The maximum absolute atomic E-state index is 2.40. The van der Waals surface area contributed by atoms with E-state index in [1.54, 1.807) is 0 Å². The Morgan fingerprint density at radius 3 is 1.37 bits per heavy atom. The molecule has 0 aliphatic carbocycles. The van der Waals surface area contributed by atoms with Crippen molar-refractivity contribution in [3.8, 4) is 0 Å². The van der Waals surface area contributed by atoms with Crippen LogP contribution in [0.4, 0.5) is 0 Å². The van der Waals surface area contributed by atoms with E-state index in [0.29, 0.717) is 0 Å². The first-order chi connectivity index (χ1) is 14.1. The van der Waals surface area contributed by atoms with Gasteiger partial charge < -0.3 is 16.9 Å². The minimum atomic E-state index is 0. The van der Waals surface area contributed by atoms with Gasteiger partial charge in [-0.25, -0.2) is 0 Å². The molecule has 1 aromatic carbocycles. The second-order valence-corrected chi connectivity index (χ2v) is 9.92. The van der Waals surface area contributed by atoms with Crippen LogP contribution in [0.15, 0.2) is 30.3 Å². The first kappa shape index (κ1) is 29.5. The van der Waals surface area contributed by atoms with E-state index in [0.717, 1.165) is 4.48 Å². The summed E-state index contributed by atoms with van der Waals surface area (Å²) in [5.41, 5.74) is 1.48. The molecule has 0 amide bonds. The van der Waals surface area contributed by atoms with Crippen LogP contribution in [0.2, 0.25) is 0 Å². The van der Waals surface area contributed by atoms with Crippen molar-refractivity contribution in [1.82, 2.24) is 0 Å². The van der Waals surface area contributed by atoms with Gasteiger partial charge in [0.1, 0.15) is 0 Å². The molecule has 0 fully saturated rings. The summed E-state index contributed by atoms with van der Waals surface area (Å²) in [5.74, 6) is 0. The lowest BCUT2D eigenvalue weighted by molar-refractivity contribution is -0.890. The van der Waals surface area contributed by atoms with E-state index in [9.17, 15) is 0 Å². The molecule has 0 heterocycles. The van der Waals surface area contributed by atoms with Crippen LogP contribution in [0, 0.1) is 0 Å². The van der Waals surface area contributed by atoms with E-state index < -0.39 is 0 Å². The highest BCUT2D eigenvalue weighted by molar-refractivity contribution is 5.14. The average molecular weight is 438 g/mol. The summed E-state index contributed by atoms with van der Waals surface area (Å²) in [6.45, 7) is 4.88. The number of likely N-dealkylation sites (N-methyl/N-ethyl adjacent to an activating group) is 1. The molecule has 0 spiro atoms. The number of unbranched alkanes of at least 4 members (excludes halogenated alkanes) is 15. The summed E-state index contributed by atoms with van der Waals surface area (Å²) < 4.78 is 1.16. The smallest absolute Gasteiger partial charge is 0.0823 e. The lowest BCUT2D eigenvalue weighted by atomic mass is 10.0. The van der Waals surface area contributed by atoms with E-state index in [1.165, 1.54) is 128 Å². The molecule has 0 aromatic heterocycles. The van der Waals surface area contributed by atoms with E-state index in [1.807, 2.05) is 0 Å². The van der Waals surface area contributed by atoms with Gasteiger partial charge in [-0.15, -0.1) is 0 Å². The van der Waals surface area contributed by atoms with E-state index in [2.05, 4.69) is 51.4 Å². The fourth-order valence-corrected chi connectivity index (χ4v) is 4.28. The molecule has 30 heavy (non-hydrogen) atoms. The average Bonchev–Trinajstić information content (AvgIpc) is 2.73. The van der Waals surface area contributed by atoms with Crippen LogP contribution in [-0.2, 0) is 6.42 Å². The van der Waals surface area contributed by atoms with Crippen LogP contribution in [-0.4, -0.2) is 31.7 Å². The molecular formula is C28H52ClN. The standard InChI is InChI=1S/C28H52N.ClH/c1-4-5-6-7-8-9-10-11-12-13-14-15-16-17-18-22-26-29(2,3)27-25-28-23-20-19-21-24-28;/h19-21,23-24H,4-18,22,25-27H2,1-3H3;1H/q+1;/p-1. The van der Waals surface area contributed by atoms with Gasteiger partial charge in [-0.2, -0.15) is 0 Å². The van der Waals surface area contributed by atoms with Crippen LogP contribution in [0.1, 0.15) is 115 Å². The van der Waals surface area contributed by atoms with E-state index >= 15 is 0 Å². The van der Waals surface area contributed by atoms with Crippen molar-refractivity contribution in [2.45, 2.75) is 116 Å². The summed E-state index contributed by atoms with van der Waals surface area (Å²) >= 11 is 0. The largest absolute Gasteiger partial charge is 1.00 e. The summed E-state index contributed by atoms with van der Waals surface area (Å²) in [6, 6.07) is 10.9. The Labute approximate surface area is 196 Å². The molecule has 0 saturated heterocycles. The fourth-order valence-electron chi connectivity index (χ4n) is 4.28. The van der Waals surface area contributed by atoms with E-state index in [4.69, 9.17) is 0 Å². The quantitative estimate of drug-likeness (QED) is 0.185. The van der Waals surface area contributed by atoms with Crippen LogP contribution in [0.25, 0.3) is 0 Å². The summed E-state index contributed by atoms with van der Waals surface area (Å²) in [7, 11) is 4.79. The molecule has 0 bridgehead atoms. The number of nitrogens with zero attached hydrogens (tertiary/aromatic N) is 1. The summed E-state index contributed by atoms with van der Waals surface area (Å²) in [4.78, 5) is 0. The van der Waals surface area contributed by atoms with Crippen molar-refractivity contribution in [2.75, 3.05) is 27.2 Å². The molecule has 0 atom stereocenters. The van der Waals surface area contributed by atoms with Gasteiger partial charge in [0.05, 0.1) is 27.2 Å². The van der Waals surface area contributed by atoms with Gasteiger partial charge in [0, 0.05) is 6.42 Å². The number of quaternary nitrogens is 1. The monoisotopic (exact) mass is 437 g/mol. The molecule has 2 heteroatoms. The van der Waals surface area contributed by atoms with Gasteiger partial charge in [-0.05, 0) is 18.4 Å². The molecule has 1 aromatic rings. The lowest BCUT2D eigenvalue weighted by Crippen LogP contribution is -3.00. The van der Waals surface area contributed by atoms with Crippen molar-refractivity contribution in [3.63, 3.8) is 0 Å². The van der Waals surface area contributed by atoms with Crippen molar-refractivity contribution < 1.29 is 16.9 Å². The molecule has 0 aliphatic heterocycles. The van der Waals surface area contributed by atoms with Crippen molar-refractivity contribution >= 4 is 0 Å². The minimum absolute atomic E-state index is 0. The maximum Gasteiger partial charge on any atom is 0.0823 e. The van der Waals surface area contributed by atoms with Crippen LogP contribution in [0.5, 0.6) is 0 Å². The van der Waals surface area contributed by atoms with Gasteiger partial charge in [0.15, 0.2) is 0 Å². The highest BCUT2D eigenvalue weighted by atomic mass is 35.5. The second kappa shape index (κ2) is 20.4. The molecule has 0 unspecified atom stereocenters. The highest BCUT2D eigenvalue weighted by Crippen LogP contribution is 2.14. The Kier molecular flexibility index (Phi) is 20.0. The predicted octanol–water partition coefficient (Wildman–Crippen LogP) is 5.57. The summed E-state index contributed by atoms with van der Waals surface area (Å²) in [5, 5.41) is 0. The van der Waals surface area contributed by atoms with Gasteiger partial charge in [-0.1, -0.05) is 127 Å². The molecule has 0 N–H and O–H groups in total. The van der Waals surface area contributed by atoms with Crippen LogP contribution < -0.4 is 12.4 Å². The summed E-state index contributed by atoms with van der Waals surface area (Å²) in [6.07, 6.45) is 24.4. The topological polar surface area (TPSA) is 0 Å². The zero-order valence-electron chi connectivity index (χ0n) is 20.6. The van der Waals surface area contributed by atoms with Crippen molar-refractivity contribution in [2.24, 2.45) is 0 Å². The molecule has 0 saturated carbocycles. The lowest BCUT2D eigenvalue weighted by Gasteiger charge is -2.30. The first-order valence-corrected chi connectivity index (χ1v) is 13.0.